The summed E-state index contributed by atoms with van der Waals surface area (Å²) in [6.07, 6.45) is 19.6. The second kappa shape index (κ2) is 21.9. The van der Waals surface area contributed by atoms with E-state index in [2.05, 4.69) is 55.9 Å². The van der Waals surface area contributed by atoms with Gasteiger partial charge in [-0.3, -0.25) is 4.79 Å². The predicted octanol–water partition coefficient (Wildman–Crippen LogP) is 5.77. The van der Waals surface area contributed by atoms with Crippen LogP contribution < -0.4 is 0 Å². The van der Waals surface area contributed by atoms with Crippen molar-refractivity contribution in [3.8, 4) is 0 Å². The Morgan fingerprint density at radius 1 is 0.926 bits per heavy atom. The van der Waals surface area contributed by atoms with Gasteiger partial charge in [-0.15, -0.1) is 0 Å². The van der Waals surface area contributed by atoms with Crippen LogP contribution in [0.15, 0.2) is 24.3 Å². The predicted molar refractivity (Wildman–Crippen MR) is 125 cm³/mol. The van der Waals surface area contributed by atoms with Gasteiger partial charge in [-0.05, 0) is 84.2 Å². The van der Waals surface area contributed by atoms with Crippen LogP contribution >= 0.6 is 24.4 Å². The highest BCUT2D eigenvalue weighted by atomic mass is 32.2. The molecule has 0 aliphatic carbocycles. The van der Waals surface area contributed by atoms with E-state index in [9.17, 15) is 4.79 Å². The number of ether oxygens (including phenoxy) is 1. The minimum atomic E-state index is -0.0408. The van der Waals surface area contributed by atoms with Crippen molar-refractivity contribution in [2.24, 2.45) is 0 Å². The van der Waals surface area contributed by atoms with E-state index in [0.717, 1.165) is 62.3 Å². The molecule has 0 aromatic heterocycles. The fourth-order valence-corrected chi connectivity index (χ4v) is 3.44. The van der Waals surface area contributed by atoms with E-state index >= 15 is 0 Å². The fourth-order valence-electron chi connectivity index (χ4n) is 2.48. The molecule has 3 nitrogen and oxygen atoms in total. The molecule has 0 aromatic rings. The van der Waals surface area contributed by atoms with Crippen molar-refractivity contribution in [1.29, 1.82) is 0 Å². The molecular weight excluding hydrogens is 374 g/mol. The summed E-state index contributed by atoms with van der Waals surface area (Å²) in [4.78, 5) is 13.8. The third kappa shape index (κ3) is 23.6. The van der Waals surface area contributed by atoms with Gasteiger partial charge in [0.05, 0.1) is 6.61 Å². The van der Waals surface area contributed by atoms with Crippen molar-refractivity contribution in [2.45, 2.75) is 64.2 Å². The van der Waals surface area contributed by atoms with E-state index in [4.69, 9.17) is 4.74 Å². The topological polar surface area (TPSA) is 29.5 Å². The summed E-state index contributed by atoms with van der Waals surface area (Å²) in [7, 11) is 4.12. The SMILES string of the molecule is CN(C)CCCCOC(=O)CCCC/C=C\CCCC/C=C\CSCCS. The molecule has 0 N–H and O–H groups in total. The quantitative estimate of drug-likeness (QED) is 0.126. The maximum absolute atomic E-state index is 11.6. The number of thiol groups is 1. The van der Waals surface area contributed by atoms with Crippen molar-refractivity contribution >= 4 is 30.4 Å². The lowest BCUT2D eigenvalue weighted by atomic mass is 10.1. The van der Waals surface area contributed by atoms with Crippen LogP contribution in [0.25, 0.3) is 0 Å². The molecule has 0 atom stereocenters. The molecule has 0 saturated heterocycles. The maximum Gasteiger partial charge on any atom is 0.305 e. The van der Waals surface area contributed by atoms with Crippen LogP contribution in [-0.4, -0.2) is 55.4 Å². The van der Waals surface area contributed by atoms with Gasteiger partial charge in [0.1, 0.15) is 0 Å². The molecule has 0 unspecified atom stereocenters. The monoisotopic (exact) mass is 415 g/mol. The Morgan fingerprint density at radius 3 is 2.19 bits per heavy atom. The highest BCUT2D eigenvalue weighted by Crippen LogP contribution is 2.07. The summed E-state index contributed by atoms with van der Waals surface area (Å²) < 4.78 is 5.26. The van der Waals surface area contributed by atoms with Gasteiger partial charge in [-0.25, -0.2) is 0 Å². The average Bonchev–Trinajstić information content (AvgIpc) is 2.64. The Hall–Kier alpha value is -0.390. The van der Waals surface area contributed by atoms with Gasteiger partial charge >= 0.3 is 5.97 Å². The van der Waals surface area contributed by atoms with E-state index in [1.165, 1.54) is 19.3 Å². The molecule has 0 aromatic carbocycles. The van der Waals surface area contributed by atoms with Gasteiger partial charge in [-0.2, -0.15) is 24.4 Å². The molecule has 0 aliphatic heterocycles. The Bertz CT molecular complexity index is 385. The Labute approximate surface area is 177 Å². The van der Waals surface area contributed by atoms with Crippen molar-refractivity contribution in [3.05, 3.63) is 24.3 Å². The second-order valence-corrected chi connectivity index (χ2v) is 8.60. The molecule has 27 heavy (non-hydrogen) atoms. The number of unbranched alkanes of at least 4 members (excludes halogenated alkanes) is 6. The molecule has 0 fully saturated rings. The van der Waals surface area contributed by atoms with E-state index in [1.54, 1.807) is 0 Å². The highest BCUT2D eigenvalue weighted by molar-refractivity contribution is 8.00. The first kappa shape index (κ1) is 26.6. The zero-order valence-electron chi connectivity index (χ0n) is 17.5. The maximum atomic E-state index is 11.6. The summed E-state index contributed by atoms with van der Waals surface area (Å²) in [6.45, 7) is 1.62. The number of esters is 1. The molecule has 0 radical (unpaired) electrons. The van der Waals surface area contributed by atoms with Crippen molar-refractivity contribution in [1.82, 2.24) is 4.90 Å². The lowest BCUT2D eigenvalue weighted by molar-refractivity contribution is -0.143. The van der Waals surface area contributed by atoms with Crippen LogP contribution in [0, 0.1) is 0 Å². The van der Waals surface area contributed by atoms with Crippen LogP contribution in [0.5, 0.6) is 0 Å². The summed E-state index contributed by atoms with van der Waals surface area (Å²) >= 11 is 6.14. The number of rotatable bonds is 19. The van der Waals surface area contributed by atoms with Crippen molar-refractivity contribution in [2.75, 3.05) is 44.5 Å². The normalized spacial score (nSPS) is 11.9. The van der Waals surface area contributed by atoms with Gasteiger partial charge in [0.15, 0.2) is 0 Å². The number of thioether (sulfide) groups is 1. The molecule has 0 bridgehead atoms. The number of allylic oxidation sites excluding steroid dienone is 3. The molecule has 158 valence electrons. The van der Waals surface area contributed by atoms with Crippen molar-refractivity contribution < 1.29 is 9.53 Å². The third-order valence-corrected chi connectivity index (χ3v) is 5.49. The molecule has 0 spiro atoms. The Morgan fingerprint density at radius 2 is 1.56 bits per heavy atom. The van der Waals surface area contributed by atoms with Gasteiger partial charge < -0.3 is 9.64 Å². The minimum absolute atomic E-state index is 0.0408. The van der Waals surface area contributed by atoms with E-state index in [0.29, 0.717) is 13.0 Å². The zero-order valence-corrected chi connectivity index (χ0v) is 19.2. The third-order valence-electron chi connectivity index (χ3n) is 4.04. The lowest BCUT2D eigenvalue weighted by Gasteiger charge is -2.09. The standard InChI is InChI=1S/C22H41NO2S2/c1-23(2)17-13-14-18-25-22(24)16-12-10-8-6-4-3-5-7-9-11-15-20-27-21-19-26/h4,6,11,15,26H,3,5,7-10,12-14,16-21H2,1-2H3/b6-4-,15-11-. The van der Waals surface area contributed by atoms with E-state index in [1.807, 2.05) is 11.8 Å². The molecule has 5 heteroatoms. The second-order valence-electron chi connectivity index (χ2n) is 7.00. The first-order valence-corrected chi connectivity index (χ1v) is 12.2. The molecule has 0 saturated carbocycles. The zero-order chi connectivity index (χ0) is 20.0. The summed E-state index contributed by atoms with van der Waals surface area (Å²) in [5.74, 6) is 3.17. The molecule has 0 amide bonds. The highest BCUT2D eigenvalue weighted by Gasteiger charge is 2.01. The average molecular weight is 416 g/mol. The first-order valence-electron chi connectivity index (χ1n) is 10.5. The largest absolute Gasteiger partial charge is 0.466 e. The number of hydrogen-bond acceptors (Lipinski definition) is 5. The Kier molecular flexibility index (Phi) is 21.6. The van der Waals surface area contributed by atoms with Gasteiger partial charge in [0, 0.05) is 17.9 Å². The number of carbonyl (C=O) groups is 1. The van der Waals surface area contributed by atoms with Crippen LogP contribution in [0.1, 0.15) is 64.2 Å². The van der Waals surface area contributed by atoms with Crippen LogP contribution in [0.4, 0.5) is 0 Å². The number of hydrogen-bond donors (Lipinski definition) is 1. The molecule has 0 rings (SSSR count). The first-order chi connectivity index (χ1) is 13.2. The minimum Gasteiger partial charge on any atom is -0.466 e. The van der Waals surface area contributed by atoms with Crippen LogP contribution in [-0.2, 0) is 9.53 Å². The molecule has 0 aliphatic rings. The van der Waals surface area contributed by atoms with E-state index in [-0.39, 0.29) is 5.97 Å². The van der Waals surface area contributed by atoms with E-state index < -0.39 is 0 Å². The number of carbonyl (C=O) groups excluding carboxylic acids is 1. The summed E-state index contributed by atoms with van der Waals surface area (Å²) in [5.41, 5.74) is 0. The fraction of sp³-hybridized carbons (Fsp3) is 0.773. The van der Waals surface area contributed by atoms with Crippen LogP contribution in [0.2, 0.25) is 0 Å². The lowest BCUT2D eigenvalue weighted by Crippen LogP contribution is -2.14. The summed E-state index contributed by atoms with van der Waals surface area (Å²) in [5, 5.41) is 0. The van der Waals surface area contributed by atoms with Crippen LogP contribution in [0.3, 0.4) is 0 Å². The Balaban J connectivity index is 3.29. The molecule has 0 heterocycles. The smallest absolute Gasteiger partial charge is 0.305 e. The van der Waals surface area contributed by atoms with Crippen molar-refractivity contribution in [3.63, 3.8) is 0 Å². The van der Waals surface area contributed by atoms with Gasteiger partial charge in [0.25, 0.3) is 0 Å². The van der Waals surface area contributed by atoms with Gasteiger partial charge in [-0.1, -0.05) is 24.3 Å². The molecular formula is C22H41NO2S2. The number of nitrogens with zero attached hydrogens (tertiary/aromatic N) is 1. The summed E-state index contributed by atoms with van der Waals surface area (Å²) in [6, 6.07) is 0. The van der Waals surface area contributed by atoms with Gasteiger partial charge in [0.2, 0.25) is 0 Å².